The van der Waals surface area contributed by atoms with Crippen LogP contribution in [0.5, 0.6) is 0 Å². The van der Waals surface area contributed by atoms with Crippen molar-refractivity contribution in [2.45, 2.75) is 33.1 Å². The summed E-state index contributed by atoms with van der Waals surface area (Å²) in [5.41, 5.74) is 0.774. The lowest BCUT2D eigenvalue weighted by atomic mass is 9.84. The molecule has 2 rings (SSSR count). The van der Waals surface area contributed by atoms with Crippen molar-refractivity contribution in [1.29, 1.82) is 0 Å². The van der Waals surface area contributed by atoms with Crippen molar-refractivity contribution in [3.8, 4) is 0 Å². The Morgan fingerprint density at radius 1 is 1.48 bits per heavy atom. The molecule has 1 aromatic carbocycles. The number of hydrogen-bond donors (Lipinski definition) is 1. The lowest BCUT2D eigenvalue weighted by molar-refractivity contribution is -0.140. The lowest BCUT2D eigenvalue weighted by Crippen LogP contribution is -2.34. The zero-order valence-electron chi connectivity index (χ0n) is 13.3. The Bertz CT molecular complexity index is 650. The smallest absolute Gasteiger partial charge is 0.336 e. The molecule has 0 aromatic heterocycles. The molecule has 1 aromatic rings. The topological polar surface area (TPSA) is 55.4 Å². The molecule has 0 radical (unpaired) electrons. The van der Waals surface area contributed by atoms with Gasteiger partial charge in [0.25, 0.3) is 0 Å². The number of nitrogens with one attached hydrogen (secondary N) is 1. The molecule has 0 fully saturated rings. The third-order valence-electron chi connectivity index (χ3n) is 3.58. The van der Waals surface area contributed by atoms with Crippen LogP contribution in [0.3, 0.4) is 0 Å². The van der Waals surface area contributed by atoms with Gasteiger partial charge in [0.15, 0.2) is 0 Å². The molecule has 0 saturated carbocycles. The van der Waals surface area contributed by atoms with Crippen molar-refractivity contribution < 1.29 is 18.7 Å². The summed E-state index contributed by atoms with van der Waals surface area (Å²) in [6.45, 7) is 5.69. The van der Waals surface area contributed by atoms with Gasteiger partial charge in [0, 0.05) is 28.6 Å². The number of carbonyl (C=O) groups excluding carboxylic acids is 2. The van der Waals surface area contributed by atoms with E-state index in [0.29, 0.717) is 5.70 Å². The van der Waals surface area contributed by atoms with Crippen LogP contribution in [-0.2, 0) is 14.3 Å². The van der Waals surface area contributed by atoms with Crippen LogP contribution in [0.15, 0.2) is 29.5 Å². The van der Waals surface area contributed by atoms with E-state index in [1.165, 1.54) is 12.1 Å². The van der Waals surface area contributed by atoms with Gasteiger partial charge >= 0.3 is 5.97 Å². The Labute approximate surface area is 139 Å². The highest BCUT2D eigenvalue weighted by molar-refractivity contribution is 6.31. The van der Waals surface area contributed by atoms with Gasteiger partial charge in [0.05, 0.1) is 12.2 Å². The molecule has 1 amide bonds. The molecule has 124 valence electrons. The molecule has 0 saturated heterocycles. The minimum Gasteiger partial charge on any atom is -0.462 e. The van der Waals surface area contributed by atoms with E-state index in [1.807, 2.05) is 13.8 Å². The van der Waals surface area contributed by atoms with E-state index < -0.39 is 17.7 Å². The first-order valence-electron chi connectivity index (χ1n) is 7.43. The summed E-state index contributed by atoms with van der Waals surface area (Å²) < 4.78 is 19.5. The molecule has 1 aliphatic rings. The highest BCUT2D eigenvalue weighted by Crippen LogP contribution is 2.38. The molecular weight excluding hydrogens is 321 g/mol. The molecule has 1 atom stereocenters. The summed E-state index contributed by atoms with van der Waals surface area (Å²) in [7, 11) is 0. The van der Waals surface area contributed by atoms with E-state index in [9.17, 15) is 14.0 Å². The predicted octanol–water partition coefficient (Wildman–Crippen LogP) is 3.56. The molecular formula is C17H19ClFNO3. The van der Waals surface area contributed by atoms with Crippen LogP contribution in [0.1, 0.15) is 38.7 Å². The fourth-order valence-corrected chi connectivity index (χ4v) is 2.88. The highest BCUT2D eigenvalue weighted by Gasteiger charge is 2.35. The molecule has 0 aliphatic carbocycles. The summed E-state index contributed by atoms with van der Waals surface area (Å²) in [5, 5.41) is 2.80. The molecule has 4 nitrogen and oxygen atoms in total. The van der Waals surface area contributed by atoms with E-state index in [4.69, 9.17) is 16.3 Å². The second kappa shape index (κ2) is 7.13. The Morgan fingerprint density at radius 2 is 2.17 bits per heavy atom. The van der Waals surface area contributed by atoms with Crippen LogP contribution in [0, 0.1) is 11.7 Å². The molecule has 0 spiro atoms. The number of rotatable bonds is 4. The van der Waals surface area contributed by atoms with Crippen LogP contribution in [0.25, 0.3) is 0 Å². The van der Waals surface area contributed by atoms with Gasteiger partial charge in [-0.15, -0.1) is 0 Å². The van der Waals surface area contributed by atoms with Gasteiger partial charge in [0.2, 0.25) is 5.91 Å². The number of allylic oxidation sites excluding steroid dienone is 1. The maximum atomic E-state index is 14.2. The number of hydrogen-bond acceptors (Lipinski definition) is 3. The van der Waals surface area contributed by atoms with Crippen LogP contribution in [-0.4, -0.2) is 18.5 Å². The van der Waals surface area contributed by atoms with Crippen molar-refractivity contribution in [1.82, 2.24) is 5.32 Å². The van der Waals surface area contributed by atoms with Crippen molar-refractivity contribution >= 4 is 23.5 Å². The van der Waals surface area contributed by atoms with Gasteiger partial charge in [-0.2, -0.15) is 0 Å². The zero-order chi connectivity index (χ0) is 17.1. The Morgan fingerprint density at radius 3 is 2.78 bits per heavy atom. The highest BCUT2D eigenvalue weighted by atomic mass is 35.5. The first-order chi connectivity index (χ1) is 10.8. The maximum absolute atomic E-state index is 14.2. The summed E-state index contributed by atoms with van der Waals surface area (Å²) in [6.07, 6.45) is -0.0515. The van der Waals surface area contributed by atoms with Gasteiger partial charge in [-0.1, -0.05) is 31.5 Å². The van der Waals surface area contributed by atoms with Crippen molar-refractivity contribution in [2.75, 3.05) is 6.61 Å². The largest absolute Gasteiger partial charge is 0.462 e. The standard InChI is InChI=1S/C17H19ClFNO3/c1-9(2)8-23-17(22)15-10(3)20-14(21)7-11(15)16-12(18)5-4-6-13(16)19/h4-6,9,11H,7-8H2,1-3H3,(H,20,21). The third kappa shape index (κ3) is 3.91. The zero-order valence-corrected chi connectivity index (χ0v) is 14.0. The van der Waals surface area contributed by atoms with E-state index in [1.54, 1.807) is 13.0 Å². The van der Waals surface area contributed by atoms with Crippen LogP contribution < -0.4 is 5.32 Å². The third-order valence-corrected chi connectivity index (χ3v) is 3.91. The number of ether oxygens (including phenoxy) is 1. The number of benzene rings is 1. The second-order valence-electron chi connectivity index (χ2n) is 5.97. The Hall–Kier alpha value is -1.88. The summed E-state index contributed by atoms with van der Waals surface area (Å²) in [5.74, 6) is -1.96. The van der Waals surface area contributed by atoms with Gasteiger partial charge in [0.1, 0.15) is 5.82 Å². The van der Waals surface area contributed by atoms with Crippen molar-refractivity contribution in [3.63, 3.8) is 0 Å². The minimum absolute atomic E-state index is 0.0515. The molecule has 1 aliphatic heterocycles. The molecule has 1 N–H and O–H groups in total. The maximum Gasteiger partial charge on any atom is 0.336 e. The van der Waals surface area contributed by atoms with Crippen molar-refractivity contribution in [3.05, 3.63) is 45.9 Å². The SMILES string of the molecule is CC1=C(C(=O)OCC(C)C)C(c2c(F)cccc2Cl)CC(=O)N1. The summed E-state index contributed by atoms with van der Waals surface area (Å²) >= 11 is 6.11. The second-order valence-corrected chi connectivity index (χ2v) is 6.38. The first kappa shape index (κ1) is 17.5. The van der Waals surface area contributed by atoms with Crippen molar-refractivity contribution in [2.24, 2.45) is 5.92 Å². The number of amides is 1. The van der Waals surface area contributed by atoms with E-state index in [2.05, 4.69) is 5.32 Å². The summed E-state index contributed by atoms with van der Waals surface area (Å²) in [4.78, 5) is 24.3. The fourth-order valence-electron chi connectivity index (χ4n) is 2.58. The normalized spacial score (nSPS) is 18.2. The van der Waals surface area contributed by atoms with Crippen LogP contribution >= 0.6 is 11.6 Å². The van der Waals surface area contributed by atoms with Crippen LogP contribution in [0.4, 0.5) is 4.39 Å². The van der Waals surface area contributed by atoms with Gasteiger partial charge < -0.3 is 10.1 Å². The van der Waals surface area contributed by atoms with Gasteiger partial charge in [-0.05, 0) is 25.0 Å². The van der Waals surface area contributed by atoms with Crippen LogP contribution in [0.2, 0.25) is 5.02 Å². The minimum atomic E-state index is -0.753. The molecule has 0 bridgehead atoms. The lowest BCUT2D eigenvalue weighted by Gasteiger charge is -2.27. The van der Waals surface area contributed by atoms with E-state index >= 15 is 0 Å². The monoisotopic (exact) mass is 339 g/mol. The van der Waals surface area contributed by atoms with Gasteiger partial charge in [-0.25, -0.2) is 9.18 Å². The summed E-state index contributed by atoms with van der Waals surface area (Å²) in [6, 6.07) is 4.29. The van der Waals surface area contributed by atoms with E-state index in [-0.39, 0.29) is 41.0 Å². The molecule has 1 heterocycles. The van der Waals surface area contributed by atoms with E-state index in [0.717, 1.165) is 0 Å². The number of esters is 1. The predicted molar refractivity (Wildman–Crippen MR) is 85.4 cm³/mol. The molecule has 6 heteroatoms. The average Bonchev–Trinajstić information content (AvgIpc) is 2.44. The first-order valence-corrected chi connectivity index (χ1v) is 7.80. The average molecular weight is 340 g/mol. The molecule has 1 unspecified atom stereocenters. The Balaban J connectivity index is 2.44. The molecule has 23 heavy (non-hydrogen) atoms. The quantitative estimate of drug-likeness (QED) is 0.853. The number of halogens is 2. The van der Waals surface area contributed by atoms with Gasteiger partial charge in [-0.3, -0.25) is 4.79 Å². The fraction of sp³-hybridized carbons (Fsp3) is 0.412. The Kier molecular flexibility index (Phi) is 5.42. The number of carbonyl (C=O) groups is 2.